The summed E-state index contributed by atoms with van der Waals surface area (Å²) in [5.41, 5.74) is 1.17. The van der Waals surface area contributed by atoms with E-state index in [-0.39, 0.29) is 0 Å². The molecule has 2 rings (SSSR count). The molecule has 0 saturated heterocycles. The Hall–Kier alpha value is -1.03. The molecule has 92 valence electrons. The van der Waals surface area contributed by atoms with E-state index in [0.717, 1.165) is 22.6 Å². The van der Waals surface area contributed by atoms with Crippen LogP contribution in [-0.4, -0.2) is 17.6 Å². The Balaban J connectivity index is 2.01. The van der Waals surface area contributed by atoms with Gasteiger partial charge in [0.05, 0.1) is 5.56 Å². The van der Waals surface area contributed by atoms with Crippen LogP contribution < -0.4 is 5.32 Å². The number of carboxylic acid groups (broad SMARTS) is 1. The zero-order valence-corrected chi connectivity index (χ0v) is 11.3. The molecule has 0 radical (unpaired) electrons. The molecule has 1 aliphatic carbocycles. The van der Waals surface area contributed by atoms with Gasteiger partial charge in [0.25, 0.3) is 0 Å². The van der Waals surface area contributed by atoms with Crippen LogP contribution in [0.2, 0.25) is 0 Å². The molecule has 0 heterocycles. The lowest BCUT2D eigenvalue weighted by Gasteiger charge is -2.13. The van der Waals surface area contributed by atoms with Crippen LogP contribution in [-0.2, 0) is 0 Å². The van der Waals surface area contributed by atoms with E-state index in [1.165, 1.54) is 12.8 Å². The number of carboxylic acids is 1. The maximum Gasteiger partial charge on any atom is 0.335 e. The van der Waals surface area contributed by atoms with Crippen LogP contribution >= 0.6 is 15.9 Å². The largest absolute Gasteiger partial charge is 0.478 e. The highest BCUT2D eigenvalue weighted by atomic mass is 79.9. The molecule has 1 atom stereocenters. The number of nitrogens with one attached hydrogen (secondary N) is 1. The average molecular weight is 298 g/mol. The normalized spacial score (nSPS) is 16.6. The Bertz CT molecular complexity index is 429. The van der Waals surface area contributed by atoms with Gasteiger partial charge in [0.15, 0.2) is 0 Å². The van der Waals surface area contributed by atoms with Crippen LogP contribution in [0.25, 0.3) is 0 Å². The molecule has 0 bridgehead atoms. The minimum atomic E-state index is -0.899. The van der Waals surface area contributed by atoms with Crippen LogP contribution in [0.5, 0.6) is 0 Å². The first kappa shape index (κ1) is 12.4. The molecule has 0 aliphatic heterocycles. The Labute approximate surface area is 109 Å². The third kappa shape index (κ3) is 3.46. The lowest BCUT2D eigenvalue weighted by Crippen LogP contribution is -2.13. The van der Waals surface area contributed by atoms with Crippen molar-refractivity contribution in [1.82, 2.24) is 0 Å². The van der Waals surface area contributed by atoms with Crippen molar-refractivity contribution in [2.75, 3.05) is 11.9 Å². The molecule has 3 nitrogen and oxygen atoms in total. The Morgan fingerprint density at radius 3 is 2.82 bits per heavy atom. The molecule has 17 heavy (non-hydrogen) atoms. The lowest BCUT2D eigenvalue weighted by molar-refractivity contribution is 0.0697. The number of hydrogen-bond acceptors (Lipinski definition) is 2. The second kappa shape index (κ2) is 5.08. The first-order valence-electron chi connectivity index (χ1n) is 5.84. The van der Waals surface area contributed by atoms with Gasteiger partial charge in [-0.1, -0.05) is 22.9 Å². The van der Waals surface area contributed by atoms with E-state index in [4.69, 9.17) is 5.11 Å². The Morgan fingerprint density at radius 1 is 1.53 bits per heavy atom. The number of aromatic carboxylic acids is 1. The van der Waals surface area contributed by atoms with Gasteiger partial charge in [0.1, 0.15) is 0 Å². The lowest BCUT2D eigenvalue weighted by atomic mass is 10.1. The Kier molecular flexibility index (Phi) is 3.72. The average Bonchev–Trinajstić information content (AvgIpc) is 3.08. The van der Waals surface area contributed by atoms with Crippen LogP contribution in [0.3, 0.4) is 0 Å². The van der Waals surface area contributed by atoms with Gasteiger partial charge >= 0.3 is 5.97 Å². The van der Waals surface area contributed by atoms with E-state index in [0.29, 0.717) is 11.5 Å². The van der Waals surface area contributed by atoms with Crippen molar-refractivity contribution in [2.24, 2.45) is 11.8 Å². The fourth-order valence-electron chi connectivity index (χ4n) is 1.93. The first-order valence-corrected chi connectivity index (χ1v) is 6.63. The summed E-state index contributed by atoms with van der Waals surface area (Å²) < 4.78 is 0.791. The summed E-state index contributed by atoms with van der Waals surface area (Å²) in [6, 6.07) is 5.19. The number of hydrogen-bond donors (Lipinski definition) is 2. The van der Waals surface area contributed by atoms with Gasteiger partial charge in [0, 0.05) is 16.7 Å². The zero-order valence-electron chi connectivity index (χ0n) is 9.74. The summed E-state index contributed by atoms with van der Waals surface area (Å²) >= 11 is 3.33. The van der Waals surface area contributed by atoms with E-state index < -0.39 is 5.97 Å². The number of anilines is 1. The van der Waals surface area contributed by atoms with Crippen LogP contribution in [0, 0.1) is 11.8 Å². The summed E-state index contributed by atoms with van der Waals surface area (Å²) in [6.45, 7) is 3.14. The third-order valence-corrected chi connectivity index (χ3v) is 3.66. The van der Waals surface area contributed by atoms with Crippen molar-refractivity contribution in [3.8, 4) is 0 Å². The van der Waals surface area contributed by atoms with Crippen molar-refractivity contribution < 1.29 is 9.90 Å². The highest BCUT2D eigenvalue weighted by Crippen LogP contribution is 2.36. The summed E-state index contributed by atoms with van der Waals surface area (Å²) in [5.74, 6) is 0.612. The maximum absolute atomic E-state index is 10.9. The van der Waals surface area contributed by atoms with E-state index >= 15 is 0 Å². The molecule has 1 fully saturated rings. The fraction of sp³-hybridized carbons (Fsp3) is 0.462. The second-order valence-corrected chi connectivity index (χ2v) is 5.65. The van der Waals surface area contributed by atoms with Gasteiger partial charge in [-0.05, 0) is 42.9 Å². The molecule has 1 unspecified atom stereocenters. The molecule has 0 amide bonds. The molecule has 4 heteroatoms. The maximum atomic E-state index is 10.9. The van der Waals surface area contributed by atoms with Crippen molar-refractivity contribution in [3.05, 3.63) is 28.2 Å². The van der Waals surface area contributed by atoms with Crippen LogP contribution in [0.1, 0.15) is 30.1 Å². The molecular formula is C13H16BrNO2. The summed E-state index contributed by atoms with van der Waals surface area (Å²) in [4.78, 5) is 10.9. The number of benzene rings is 1. The monoisotopic (exact) mass is 297 g/mol. The Morgan fingerprint density at radius 2 is 2.24 bits per heavy atom. The number of carbonyl (C=O) groups is 1. The van der Waals surface area contributed by atoms with E-state index in [9.17, 15) is 4.79 Å². The summed E-state index contributed by atoms with van der Waals surface area (Å²) in [5, 5.41) is 12.3. The predicted octanol–water partition coefficient (Wildman–Crippen LogP) is 3.61. The van der Waals surface area contributed by atoms with E-state index in [2.05, 4.69) is 28.2 Å². The number of halogens is 1. The van der Waals surface area contributed by atoms with Gasteiger partial charge in [-0.2, -0.15) is 0 Å². The zero-order chi connectivity index (χ0) is 12.4. The fourth-order valence-corrected chi connectivity index (χ4v) is 2.42. The van der Waals surface area contributed by atoms with Crippen molar-refractivity contribution in [2.45, 2.75) is 19.8 Å². The quantitative estimate of drug-likeness (QED) is 0.873. The molecular weight excluding hydrogens is 282 g/mol. The molecule has 0 aromatic heterocycles. The van der Waals surface area contributed by atoms with Crippen LogP contribution in [0.15, 0.2) is 22.7 Å². The minimum Gasteiger partial charge on any atom is -0.478 e. The van der Waals surface area contributed by atoms with Crippen molar-refractivity contribution in [3.63, 3.8) is 0 Å². The molecule has 1 aromatic carbocycles. The summed E-state index contributed by atoms with van der Waals surface area (Å²) in [6.07, 6.45) is 2.67. The molecule has 1 saturated carbocycles. The molecule has 0 spiro atoms. The highest BCUT2D eigenvalue weighted by molar-refractivity contribution is 9.10. The second-order valence-electron chi connectivity index (χ2n) is 4.73. The van der Waals surface area contributed by atoms with Gasteiger partial charge in [-0.3, -0.25) is 0 Å². The van der Waals surface area contributed by atoms with Gasteiger partial charge < -0.3 is 10.4 Å². The third-order valence-electron chi connectivity index (χ3n) is 3.20. The first-order chi connectivity index (χ1) is 8.06. The molecule has 2 N–H and O–H groups in total. The topological polar surface area (TPSA) is 49.3 Å². The molecule has 1 aliphatic rings. The van der Waals surface area contributed by atoms with Crippen molar-refractivity contribution >= 4 is 27.6 Å². The smallest absolute Gasteiger partial charge is 0.335 e. The van der Waals surface area contributed by atoms with Crippen LogP contribution in [0.4, 0.5) is 5.69 Å². The minimum absolute atomic E-state index is 0.306. The van der Waals surface area contributed by atoms with E-state index in [1.807, 2.05) is 6.07 Å². The van der Waals surface area contributed by atoms with E-state index in [1.54, 1.807) is 12.1 Å². The standard InChI is InChI=1S/C13H16BrNO2/c1-8(9-2-3-9)7-15-12-5-10(13(16)17)4-11(14)6-12/h4-6,8-9,15H,2-3,7H2,1H3,(H,16,17). The highest BCUT2D eigenvalue weighted by Gasteiger charge is 2.27. The molecule has 1 aromatic rings. The van der Waals surface area contributed by atoms with Gasteiger partial charge in [-0.15, -0.1) is 0 Å². The number of rotatable bonds is 5. The van der Waals surface area contributed by atoms with Gasteiger partial charge in [-0.25, -0.2) is 4.79 Å². The summed E-state index contributed by atoms with van der Waals surface area (Å²) in [7, 11) is 0. The predicted molar refractivity (Wildman–Crippen MR) is 71.5 cm³/mol. The van der Waals surface area contributed by atoms with Gasteiger partial charge in [0.2, 0.25) is 0 Å². The van der Waals surface area contributed by atoms with Crippen molar-refractivity contribution in [1.29, 1.82) is 0 Å². The SMILES string of the molecule is CC(CNc1cc(Br)cc(C(=O)O)c1)C1CC1.